The molecule has 2 heterocycles. The van der Waals surface area contributed by atoms with E-state index in [4.69, 9.17) is 19.8 Å². The monoisotopic (exact) mass is 382 g/mol. The fourth-order valence-electron chi connectivity index (χ4n) is 2.71. The van der Waals surface area contributed by atoms with Gasteiger partial charge in [0.05, 0.1) is 4.92 Å². The lowest BCUT2D eigenvalue weighted by atomic mass is 10.1. The van der Waals surface area contributed by atoms with Crippen LogP contribution in [0.2, 0.25) is 0 Å². The highest BCUT2D eigenvalue weighted by molar-refractivity contribution is 6.27. The first-order chi connectivity index (χ1) is 12.9. The van der Waals surface area contributed by atoms with Crippen molar-refractivity contribution in [2.45, 2.75) is 38.5 Å². The van der Waals surface area contributed by atoms with Gasteiger partial charge in [0.2, 0.25) is 5.82 Å². The lowest BCUT2D eigenvalue weighted by molar-refractivity contribution is -0.384. The third-order valence-electron chi connectivity index (χ3n) is 4.06. The minimum absolute atomic E-state index is 0.0471. The smallest absolute Gasteiger partial charge is 0.414 e. The second kappa shape index (κ2) is 12.6. The van der Waals surface area contributed by atoms with Crippen LogP contribution in [0, 0.1) is 10.1 Å². The number of carboxylic acid groups (broad SMARTS) is 2. The van der Waals surface area contributed by atoms with E-state index >= 15 is 0 Å². The highest BCUT2D eigenvalue weighted by atomic mass is 16.6. The number of likely N-dealkylation sites (tertiary alicyclic amines) is 1. The number of carboxylic acids is 2. The molecule has 10 nitrogen and oxygen atoms in total. The number of hydrogen-bond donors (Lipinski definition) is 3. The Labute approximate surface area is 157 Å². The van der Waals surface area contributed by atoms with Crippen LogP contribution in [-0.4, -0.2) is 63.1 Å². The highest BCUT2D eigenvalue weighted by Crippen LogP contribution is 2.20. The van der Waals surface area contributed by atoms with Crippen molar-refractivity contribution in [1.82, 2.24) is 9.88 Å². The molecule has 1 aliphatic rings. The third-order valence-corrected chi connectivity index (χ3v) is 4.06. The molecular weight excluding hydrogens is 356 g/mol. The van der Waals surface area contributed by atoms with Crippen molar-refractivity contribution >= 4 is 23.4 Å². The second-order valence-electron chi connectivity index (χ2n) is 6.13. The van der Waals surface area contributed by atoms with Crippen LogP contribution in [0.1, 0.15) is 38.5 Å². The van der Waals surface area contributed by atoms with Gasteiger partial charge in [-0.3, -0.25) is 10.1 Å². The maximum Gasteiger partial charge on any atom is 0.414 e. The molecule has 0 spiro atoms. The lowest BCUT2D eigenvalue weighted by Crippen LogP contribution is -2.30. The van der Waals surface area contributed by atoms with E-state index in [1.54, 1.807) is 12.3 Å². The van der Waals surface area contributed by atoms with Gasteiger partial charge in [0, 0.05) is 18.8 Å². The van der Waals surface area contributed by atoms with Gasteiger partial charge < -0.3 is 20.4 Å². The summed E-state index contributed by atoms with van der Waals surface area (Å²) in [6.07, 6.45) is 8.99. The van der Waals surface area contributed by atoms with Crippen molar-refractivity contribution in [3.05, 3.63) is 28.4 Å². The molecule has 150 valence electrons. The minimum atomic E-state index is -1.82. The van der Waals surface area contributed by atoms with Gasteiger partial charge in [-0.05, 0) is 51.4 Å². The molecule has 0 radical (unpaired) electrons. The molecule has 0 aliphatic carbocycles. The number of hydrogen-bond acceptors (Lipinski definition) is 7. The van der Waals surface area contributed by atoms with Crippen molar-refractivity contribution in [2.24, 2.45) is 0 Å². The summed E-state index contributed by atoms with van der Waals surface area (Å²) >= 11 is 0. The largest absolute Gasteiger partial charge is 0.473 e. The number of aliphatic carboxylic acids is 2. The molecular formula is C17H26N4O6. The Balaban J connectivity index is 0.000000527. The van der Waals surface area contributed by atoms with Gasteiger partial charge in [0.25, 0.3) is 0 Å². The summed E-state index contributed by atoms with van der Waals surface area (Å²) in [5.74, 6) is -3.27. The van der Waals surface area contributed by atoms with Crippen LogP contribution in [0.5, 0.6) is 0 Å². The van der Waals surface area contributed by atoms with E-state index < -0.39 is 16.9 Å². The third kappa shape index (κ3) is 9.50. The topological polar surface area (TPSA) is 146 Å². The summed E-state index contributed by atoms with van der Waals surface area (Å²) in [6.45, 7) is 4.42. The molecule has 0 bridgehead atoms. The molecule has 2 rings (SSSR count). The average Bonchev–Trinajstić information content (AvgIpc) is 2.66. The Morgan fingerprint density at radius 2 is 1.81 bits per heavy atom. The van der Waals surface area contributed by atoms with Crippen LogP contribution in [0.4, 0.5) is 11.5 Å². The molecule has 0 aromatic carbocycles. The summed E-state index contributed by atoms with van der Waals surface area (Å²) in [6, 6.07) is 3.06. The Bertz CT molecular complexity index is 607. The summed E-state index contributed by atoms with van der Waals surface area (Å²) < 4.78 is 0. The molecule has 1 aliphatic heterocycles. The number of piperidine rings is 1. The van der Waals surface area contributed by atoms with Crippen LogP contribution in [0.25, 0.3) is 0 Å². The fraction of sp³-hybridized carbons (Fsp3) is 0.588. The van der Waals surface area contributed by atoms with E-state index in [0.29, 0.717) is 5.82 Å². The van der Waals surface area contributed by atoms with Crippen LogP contribution in [0.3, 0.4) is 0 Å². The average molecular weight is 382 g/mol. The molecule has 0 amide bonds. The van der Waals surface area contributed by atoms with Crippen LogP contribution in [0.15, 0.2) is 18.3 Å². The van der Waals surface area contributed by atoms with Gasteiger partial charge in [-0.1, -0.05) is 12.8 Å². The van der Waals surface area contributed by atoms with E-state index in [1.165, 1.54) is 51.4 Å². The Morgan fingerprint density at radius 3 is 2.41 bits per heavy atom. The fourth-order valence-corrected chi connectivity index (χ4v) is 2.71. The summed E-state index contributed by atoms with van der Waals surface area (Å²) in [5, 5.41) is 28.7. The maximum absolute atomic E-state index is 10.9. The van der Waals surface area contributed by atoms with Crippen molar-refractivity contribution in [1.29, 1.82) is 0 Å². The number of unbranched alkanes of at least 4 members (excludes halogenated alkanes) is 2. The van der Waals surface area contributed by atoms with E-state index in [1.807, 2.05) is 0 Å². The number of nitro groups is 1. The molecule has 1 fully saturated rings. The van der Waals surface area contributed by atoms with Crippen molar-refractivity contribution in [2.75, 3.05) is 31.5 Å². The normalized spacial score (nSPS) is 13.9. The molecule has 1 aromatic heterocycles. The van der Waals surface area contributed by atoms with Gasteiger partial charge in [0.15, 0.2) is 0 Å². The van der Waals surface area contributed by atoms with Crippen LogP contribution < -0.4 is 5.32 Å². The van der Waals surface area contributed by atoms with Crippen molar-refractivity contribution < 1.29 is 24.7 Å². The van der Waals surface area contributed by atoms with Gasteiger partial charge >= 0.3 is 17.6 Å². The van der Waals surface area contributed by atoms with Gasteiger partial charge in [-0.15, -0.1) is 0 Å². The van der Waals surface area contributed by atoms with E-state index in [2.05, 4.69) is 15.2 Å². The Kier molecular flexibility index (Phi) is 10.4. The Morgan fingerprint density at radius 1 is 1.15 bits per heavy atom. The maximum atomic E-state index is 10.9. The number of pyridine rings is 1. The Hall–Kier alpha value is -2.75. The SMILES string of the molecule is O=C(O)C(=O)O.O=[N+]([O-])c1cccnc1NCCCCCN1CCCCC1. The number of nitrogens with one attached hydrogen (secondary N) is 1. The van der Waals surface area contributed by atoms with Crippen LogP contribution >= 0.6 is 0 Å². The van der Waals surface area contributed by atoms with E-state index in [-0.39, 0.29) is 5.69 Å². The van der Waals surface area contributed by atoms with E-state index in [0.717, 1.165) is 19.4 Å². The van der Waals surface area contributed by atoms with Crippen molar-refractivity contribution in [3.8, 4) is 0 Å². The molecule has 10 heteroatoms. The number of nitrogens with zero attached hydrogens (tertiary/aromatic N) is 3. The predicted octanol–water partition coefficient (Wildman–Crippen LogP) is 2.21. The number of rotatable bonds is 8. The molecule has 0 unspecified atom stereocenters. The number of anilines is 1. The number of carbonyl (C=O) groups is 2. The lowest BCUT2D eigenvalue weighted by Gasteiger charge is -2.26. The first-order valence-electron chi connectivity index (χ1n) is 8.93. The minimum Gasteiger partial charge on any atom is -0.473 e. The zero-order valence-corrected chi connectivity index (χ0v) is 15.2. The molecule has 1 aromatic rings. The summed E-state index contributed by atoms with van der Waals surface area (Å²) in [5.41, 5.74) is 0.0471. The second-order valence-corrected chi connectivity index (χ2v) is 6.13. The number of aromatic nitrogens is 1. The predicted molar refractivity (Wildman–Crippen MR) is 98.8 cm³/mol. The van der Waals surface area contributed by atoms with Gasteiger partial charge in [0.1, 0.15) is 0 Å². The molecule has 3 N–H and O–H groups in total. The first-order valence-corrected chi connectivity index (χ1v) is 8.93. The summed E-state index contributed by atoms with van der Waals surface area (Å²) in [4.78, 5) is 35.2. The molecule has 0 saturated carbocycles. The quantitative estimate of drug-likeness (QED) is 0.266. The zero-order valence-electron chi connectivity index (χ0n) is 15.2. The zero-order chi connectivity index (χ0) is 20.1. The van der Waals surface area contributed by atoms with Gasteiger partial charge in [-0.2, -0.15) is 0 Å². The van der Waals surface area contributed by atoms with Crippen LogP contribution in [-0.2, 0) is 9.59 Å². The van der Waals surface area contributed by atoms with E-state index in [9.17, 15) is 10.1 Å². The molecule has 27 heavy (non-hydrogen) atoms. The molecule has 0 atom stereocenters. The van der Waals surface area contributed by atoms with Gasteiger partial charge in [-0.25, -0.2) is 14.6 Å². The highest BCUT2D eigenvalue weighted by Gasteiger charge is 2.13. The first kappa shape index (κ1) is 22.3. The standard InChI is InChI=1S/C15H24N4O2.C2H2O4/c20-19(21)14-8-7-10-17-15(14)16-9-3-1-4-11-18-12-5-2-6-13-18;3-1(4)2(5)6/h7-8,10H,1-6,9,11-13H2,(H,16,17);(H,3,4)(H,5,6). The molecule has 1 saturated heterocycles. The summed E-state index contributed by atoms with van der Waals surface area (Å²) in [7, 11) is 0. The van der Waals surface area contributed by atoms with Crippen molar-refractivity contribution in [3.63, 3.8) is 0 Å².